The Morgan fingerprint density at radius 1 is 0.727 bits per heavy atom. The Kier molecular flexibility index (Phi) is 20.6. The molecule has 0 heterocycles. The van der Waals surface area contributed by atoms with Crippen LogP contribution in [0.1, 0.15) is 0 Å². The van der Waals surface area contributed by atoms with E-state index >= 15 is 0 Å². The van der Waals surface area contributed by atoms with Crippen LogP contribution in [0.4, 0.5) is 0 Å². The van der Waals surface area contributed by atoms with Crippen LogP contribution in [-0.2, 0) is 14.4 Å². The van der Waals surface area contributed by atoms with Crippen LogP contribution < -0.4 is 0 Å². The molecule has 0 spiro atoms. The SMILES string of the molecule is [B]=NCC(=O)N(C=C)CCSCCN(CCSCCN(CCS)C(=O)CN=[B])C(=O)CN=[B]. The normalized spacial score (nSPS) is 10.1. The summed E-state index contributed by atoms with van der Waals surface area (Å²) < 4.78 is 0. The van der Waals surface area contributed by atoms with E-state index in [9.17, 15) is 14.4 Å². The van der Waals surface area contributed by atoms with Crippen molar-refractivity contribution in [1.82, 2.24) is 14.7 Å². The summed E-state index contributed by atoms with van der Waals surface area (Å²) in [6, 6.07) is 0. The van der Waals surface area contributed by atoms with E-state index in [1.807, 2.05) is 0 Å². The summed E-state index contributed by atoms with van der Waals surface area (Å²) in [6.45, 7) is 6.12. The molecule has 3 amide bonds. The van der Waals surface area contributed by atoms with Gasteiger partial charge in [0.15, 0.2) is 0 Å². The first-order chi connectivity index (χ1) is 15.9. The van der Waals surface area contributed by atoms with Crippen molar-refractivity contribution < 1.29 is 14.4 Å². The van der Waals surface area contributed by atoms with Gasteiger partial charge in [0.2, 0.25) is 0 Å². The summed E-state index contributed by atoms with van der Waals surface area (Å²) in [6.07, 6.45) is 1.46. The molecule has 0 aliphatic carbocycles. The monoisotopic (exact) mass is 507 g/mol. The van der Waals surface area contributed by atoms with Crippen LogP contribution in [0.3, 0.4) is 0 Å². The summed E-state index contributed by atoms with van der Waals surface area (Å²) >= 11 is 7.45. The Morgan fingerprint density at radius 2 is 1.12 bits per heavy atom. The van der Waals surface area contributed by atoms with Gasteiger partial charge < -0.3 is 0 Å². The van der Waals surface area contributed by atoms with Gasteiger partial charge in [-0.25, -0.2) is 0 Å². The van der Waals surface area contributed by atoms with E-state index in [2.05, 4.69) is 33.9 Å². The molecule has 0 aromatic carbocycles. The van der Waals surface area contributed by atoms with Gasteiger partial charge in [0.25, 0.3) is 0 Å². The van der Waals surface area contributed by atoms with Crippen LogP contribution in [-0.4, -0.2) is 136 Å². The van der Waals surface area contributed by atoms with E-state index < -0.39 is 0 Å². The molecular weight excluding hydrogens is 477 g/mol. The van der Waals surface area contributed by atoms with Crippen LogP contribution in [0.5, 0.6) is 0 Å². The van der Waals surface area contributed by atoms with Gasteiger partial charge in [-0.05, 0) is 0 Å². The molecule has 0 unspecified atom stereocenters. The molecule has 0 aliphatic rings. The summed E-state index contributed by atoms with van der Waals surface area (Å²) in [4.78, 5) is 51.1. The molecule has 0 aliphatic heterocycles. The topological polar surface area (TPSA) is 98.0 Å². The van der Waals surface area contributed by atoms with Crippen molar-refractivity contribution in [2.75, 3.05) is 81.1 Å². The van der Waals surface area contributed by atoms with E-state index in [1.54, 1.807) is 33.3 Å². The van der Waals surface area contributed by atoms with E-state index in [0.717, 1.165) is 5.75 Å². The molecule has 0 N–H and O–H groups in total. The van der Waals surface area contributed by atoms with Crippen LogP contribution in [0.15, 0.2) is 27.5 Å². The van der Waals surface area contributed by atoms with Crippen LogP contribution in [0.25, 0.3) is 0 Å². The number of hydrogen-bond donors (Lipinski definition) is 1. The quantitative estimate of drug-likeness (QED) is 0.135. The van der Waals surface area contributed by atoms with Gasteiger partial charge in [0.1, 0.15) is 0 Å². The molecule has 0 saturated carbocycles. The van der Waals surface area contributed by atoms with Crippen molar-refractivity contribution in [2.24, 2.45) is 14.7 Å². The Hall–Kier alpha value is -1.21. The number of hydrogen-bond acceptors (Lipinski definition) is 9. The maximum atomic E-state index is 12.3. The molecule has 15 heteroatoms. The Labute approximate surface area is 214 Å². The zero-order chi connectivity index (χ0) is 24.9. The van der Waals surface area contributed by atoms with Crippen molar-refractivity contribution in [3.63, 3.8) is 0 Å². The number of carbonyl (C=O) groups excluding carboxylic acids is 3. The van der Waals surface area contributed by atoms with E-state index in [-0.39, 0.29) is 37.4 Å². The Bertz CT molecular complexity index is 663. The second-order valence-electron chi connectivity index (χ2n) is 6.50. The molecule has 0 rings (SSSR count). The van der Waals surface area contributed by atoms with Gasteiger partial charge >= 0.3 is 214 Å². The fourth-order valence-corrected chi connectivity index (χ4v) is 4.60. The van der Waals surface area contributed by atoms with Crippen molar-refractivity contribution in [3.05, 3.63) is 12.8 Å². The second-order valence-corrected chi connectivity index (χ2v) is 9.40. The third-order valence-electron chi connectivity index (χ3n) is 4.29. The Balaban J connectivity index is 4.39. The zero-order valence-corrected chi connectivity index (χ0v) is 21.4. The minimum absolute atomic E-state index is 0.0396. The molecular formula is C18H30B3N6O3S3. The van der Waals surface area contributed by atoms with Gasteiger partial charge in [-0.2, -0.15) is 0 Å². The molecule has 0 aromatic rings. The third-order valence-corrected chi connectivity index (χ3v) is 6.37. The van der Waals surface area contributed by atoms with Gasteiger partial charge in [0.05, 0.1) is 0 Å². The van der Waals surface area contributed by atoms with E-state index in [0.29, 0.717) is 55.7 Å². The number of thioether (sulfide) groups is 2. The van der Waals surface area contributed by atoms with Gasteiger partial charge in [0, 0.05) is 0 Å². The maximum absolute atomic E-state index is 12.3. The molecule has 177 valence electrons. The molecule has 0 saturated heterocycles. The molecule has 9 nitrogen and oxygen atoms in total. The summed E-state index contributed by atoms with van der Waals surface area (Å²) in [5.41, 5.74) is 0. The van der Waals surface area contributed by atoms with Gasteiger partial charge in [-0.3, -0.25) is 0 Å². The molecule has 0 fully saturated rings. The fourth-order valence-electron chi connectivity index (χ4n) is 2.58. The van der Waals surface area contributed by atoms with Crippen molar-refractivity contribution in [2.45, 2.75) is 0 Å². The van der Waals surface area contributed by atoms with Crippen LogP contribution in [0.2, 0.25) is 0 Å². The summed E-state index contributed by atoms with van der Waals surface area (Å²) in [5.74, 6) is 2.92. The Morgan fingerprint density at radius 3 is 1.52 bits per heavy atom. The standard InChI is InChI=1S/C18H30B3N6O3S3/c1-2-25(16(28)13-22-19)4-9-32-11-6-27(18(30)15-24-21)7-12-33-10-5-26(3-8-31)17(29)14-23-20/h2,31H,1,3-15H2. The number of thiol groups is 1. The predicted molar refractivity (Wildman–Crippen MR) is 143 cm³/mol. The summed E-state index contributed by atoms with van der Waals surface area (Å²) in [7, 11) is 15.3. The average Bonchev–Trinajstić information content (AvgIpc) is 2.79. The fraction of sp³-hybridized carbons (Fsp3) is 0.722. The summed E-state index contributed by atoms with van der Waals surface area (Å²) in [5, 5.41) is 0. The third kappa shape index (κ3) is 15.3. The van der Waals surface area contributed by atoms with Crippen molar-refractivity contribution >= 4 is 76.8 Å². The molecule has 0 bridgehead atoms. The van der Waals surface area contributed by atoms with E-state index in [4.69, 9.17) is 22.9 Å². The predicted octanol–water partition coefficient (Wildman–Crippen LogP) is 0.0682. The average molecular weight is 507 g/mol. The van der Waals surface area contributed by atoms with Crippen LogP contribution in [0, 0.1) is 0 Å². The first-order valence-corrected chi connectivity index (χ1v) is 13.2. The second kappa shape index (κ2) is 21.3. The number of rotatable bonds is 21. The molecule has 3 radical (unpaired) electrons. The van der Waals surface area contributed by atoms with Gasteiger partial charge in [-0.15, -0.1) is 0 Å². The van der Waals surface area contributed by atoms with Gasteiger partial charge in [-0.1, -0.05) is 0 Å². The number of nitrogens with zero attached hydrogens (tertiary/aromatic N) is 6. The number of carbonyl (C=O) groups is 3. The van der Waals surface area contributed by atoms with Crippen molar-refractivity contribution in [3.8, 4) is 0 Å². The minimum atomic E-state index is -0.210. The zero-order valence-electron chi connectivity index (χ0n) is 18.9. The molecule has 0 atom stereocenters. The molecule has 33 heavy (non-hydrogen) atoms. The first kappa shape index (κ1) is 31.8. The van der Waals surface area contributed by atoms with Crippen molar-refractivity contribution in [1.29, 1.82) is 0 Å². The number of amides is 3. The first-order valence-electron chi connectivity index (χ1n) is 10.3. The van der Waals surface area contributed by atoms with E-state index in [1.165, 1.54) is 11.1 Å². The molecule has 0 aromatic heterocycles. The van der Waals surface area contributed by atoms with Crippen LogP contribution >= 0.6 is 36.2 Å².